The Labute approximate surface area is 313 Å². The normalized spacial score (nSPS) is 12.1. The molecule has 8 N–H and O–H groups in total. The van der Waals surface area contributed by atoms with E-state index in [9.17, 15) is 40.7 Å². The number of anilines is 3. The number of thiazole rings is 1. The maximum atomic E-state index is 13.4. The number of alkyl halides is 6. The number of nitrogens with zero attached hydrogens (tertiary/aromatic N) is 1. The number of nitrogens with one attached hydrogen (secondary N) is 4. The average Bonchev–Trinajstić information content (AvgIpc) is 3.84. The molecule has 3 aromatic carbocycles. The fourth-order valence-corrected chi connectivity index (χ4v) is 5.07. The highest BCUT2D eigenvalue weighted by atomic mass is 32.1. The standard InChI is InChI=1S/C31H32N6O3S.2C2HF3O2/c1-19-7-8-22(29(39)35-24-13-14-24)17-25(19)36-31-37-27(21-9-11-23(12-10-21)34-26(38)15-16-32)28(41-31)30(40)33-18-20-5-3-2-4-6-20;2*3-2(4,5)1(6)7/h2-12,17,24H,13-16,18,32H2,1H3,(H,33,40)(H,34,38)(H,35,39)(H,36,37);2*(H,6,7). The van der Waals surface area contributed by atoms with Crippen molar-refractivity contribution in [1.82, 2.24) is 15.6 Å². The lowest BCUT2D eigenvalue weighted by Crippen LogP contribution is -2.25. The first-order chi connectivity index (χ1) is 25.8. The van der Waals surface area contributed by atoms with Gasteiger partial charge in [-0.1, -0.05) is 59.9 Å². The number of carboxylic acid groups (broad SMARTS) is 2. The number of amides is 3. The van der Waals surface area contributed by atoms with E-state index in [0.29, 0.717) is 33.5 Å². The summed E-state index contributed by atoms with van der Waals surface area (Å²) < 4.78 is 63.5. The van der Waals surface area contributed by atoms with Crippen LogP contribution in [0.25, 0.3) is 11.3 Å². The number of aryl methyl sites for hydroxylation is 1. The van der Waals surface area contributed by atoms with Crippen LogP contribution in [0.4, 0.5) is 42.8 Å². The summed E-state index contributed by atoms with van der Waals surface area (Å²) in [7, 11) is 0. The lowest BCUT2D eigenvalue weighted by molar-refractivity contribution is -0.193. The number of nitrogens with two attached hydrogens (primary N) is 1. The molecule has 0 saturated heterocycles. The third-order valence-corrected chi connectivity index (χ3v) is 8.05. The van der Waals surface area contributed by atoms with Crippen LogP contribution in [0, 0.1) is 6.92 Å². The quantitative estimate of drug-likeness (QED) is 0.0850. The molecule has 20 heteroatoms. The molecule has 0 aliphatic heterocycles. The van der Waals surface area contributed by atoms with Gasteiger partial charge >= 0.3 is 24.3 Å². The number of benzene rings is 3. The minimum absolute atomic E-state index is 0.102. The zero-order valence-corrected chi connectivity index (χ0v) is 29.5. The summed E-state index contributed by atoms with van der Waals surface area (Å²) in [6.07, 6.45) is -7.90. The van der Waals surface area contributed by atoms with Crippen molar-refractivity contribution in [2.45, 2.75) is 51.1 Å². The van der Waals surface area contributed by atoms with Crippen LogP contribution in [0.3, 0.4) is 0 Å². The second-order valence-electron chi connectivity index (χ2n) is 11.5. The first-order valence-corrected chi connectivity index (χ1v) is 16.8. The Bertz CT molecular complexity index is 1940. The molecule has 0 atom stereocenters. The average molecular weight is 797 g/mol. The second-order valence-corrected chi connectivity index (χ2v) is 12.5. The van der Waals surface area contributed by atoms with Crippen molar-refractivity contribution < 1.29 is 60.5 Å². The third-order valence-electron chi connectivity index (χ3n) is 7.08. The summed E-state index contributed by atoms with van der Waals surface area (Å²) in [6, 6.07) is 22.6. The van der Waals surface area contributed by atoms with Crippen LogP contribution in [0.5, 0.6) is 0 Å². The smallest absolute Gasteiger partial charge is 0.475 e. The van der Waals surface area contributed by atoms with E-state index < -0.39 is 24.3 Å². The van der Waals surface area contributed by atoms with E-state index in [1.807, 2.05) is 67.6 Å². The minimum Gasteiger partial charge on any atom is -0.475 e. The van der Waals surface area contributed by atoms with Gasteiger partial charge in [-0.2, -0.15) is 26.3 Å². The van der Waals surface area contributed by atoms with Crippen molar-refractivity contribution in [3.8, 4) is 11.3 Å². The molecule has 1 heterocycles. The number of hydrogen-bond donors (Lipinski definition) is 7. The highest BCUT2D eigenvalue weighted by Crippen LogP contribution is 2.34. The van der Waals surface area contributed by atoms with Crippen LogP contribution in [-0.2, 0) is 20.9 Å². The van der Waals surface area contributed by atoms with E-state index in [1.165, 1.54) is 11.3 Å². The number of hydrogen-bond acceptors (Lipinski definition) is 9. The lowest BCUT2D eigenvalue weighted by atomic mass is 10.1. The zero-order chi connectivity index (χ0) is 40.9. The molecule has 0 bridgehead atoms. The maximum absolute atomic E-state index is 13.4. The molecule has 3 amide bonds. The van der Waals surface area contributed by atoms with Gasteiger partial charge in [-0.25, -0.2) is 14.6 Å². The number of aliphatic carboxylic acids is 2. The molecule has 294 valence electrons. The number of rotatable bonds is 11. The van der Waals surface area contributed by atoms with E-state index in [0.717, 1.165) is 35.2 Å². The molecule has 0 radical (unpaired) electrons. The molecule has 5 rings (SSSR count). The van der Waals surface area contributed by atoms with Crippen LogP contribution in [-0.4, -0.2) is 69.8 Å². The monoisotopic (exact) mass is 796 g/mol. The predicted molar refractivity (Wildman–Crippen MR) is 190 cm³/mol. The molecule has 1 aliphatic rings. The summed E-state index contributed by atoms with van der Waals surface area (Å²) >= 11 is 1.24. The van der Waals surface area contributed by atoms with E-state index in [-0.39, 0.29) is 36.7 Å². The van der Waals surface area contributed by atoms with Crippen LogP contribution in [0.2, 0.25) is 0 Å². The van der Waals surface area contributed by atoms with E-state index in [1.54, 1.807) is 12.1 Å². The molecule has 4 aromatic rings. The number of halogens is 6. The Morgan fingerprint density at radius 3 is 1.96 bits per heavy atom. The van der Waals surface area contributed by atoms with Gasteiger partial charge in [0.25, 0.3) is 11.8 Å². The van der Waals surface area contributed by atoms with Gasteiger partial charge in [0.1, 0.15) is 4.88 Å². The molecule has 1 aromatic heterocycles. The summed E-state index contributed by atoms with van der Waals surface area (Å²) in [6.45, 7) is 2.60. The van der Waals surface area contributed by atoms with Crippen molar-refractivity contribution in [3.63, 3.8) is 0 Å². The molecular formula is C35H34F6N6O7S. The number of carboxylic acids is 2. The van der Waals surface area contributed by atoms with Gasteiger partial charge in [0.15, 0.2) is 5.13 Å². The van der Waals surface area contributed by atoms with Crippen LogP contribution < -0.4 is 27.0 Å². The molecule has 0 spiro atoms. The SMILES string of the molecule is Cc1ccc(C(=O)NC2CC2)cc1Nc1nc(-c2ccc(NC(=O)CCN)cc2)c(C(=O)NCc2ccccc2)s1.O=C(O)C(F)(F)F.O=C(O)C(F)(F)F. The third kappa shape index (κ3) is 14.4. The Morgan fingerprint density at radius 1 is 0.855 bits per heavy atom. The Hall–Kier alpha value is -6.02. The molecule has 1 fully saturated rings. The van der Waals surface area contributed by atoms with Gasteiger partial charge in [0.05, 0.1) is 5.69 Å². The Morgan fingerprint density at radius 2 is 1.44 bits per heavy atom. The van der Waals surface area contributed by atoms with Crippen LogP contribution in [0.1, 0.15) is 50.4 Å². The van der Waals surface area contributed by atoms with Crippen molar-refractivity contribution in [2.24, 2.45) is 5.73 Å². The topological polar surface area (TPSA) is 213 Å². The van der Waals surface area contributed by atoms with Crippen LogP contribution >= 0.6 is 11.3 Å². The highest BCUT2D eigenvalue weighted by molar-refractivity contribution is 7.18. The fraction of sp³-hybridized carbons (Fsp3) is 0.257. The van der Waals surface area contributed by atoms with Crippen LogP contribution in [0.15, 0.2) is 72.8 Å². The zero-order valence-electron chi connectivity index (χ0n) is 28.7. The predicted octanol–water partition coefficient (Wildman–Crippen LogP) is 6.24. The summed E-state index contributed by atoms with van der Waals surface area (Å²) in [5, 5.41) is 26.9. The fourth-order valence-electron chi connectivity index (χ4n) is 4.16. The highest BCUT2D eigenvalue weighted by Gasteiger charge is 2.39. The Balaban J connectivity index is 0.000000494. The summed E-state index contributed by atoms with van der Waals surface area (Å²) in [5.74, 6) is -6.02. The molecule has 55 heavy (non-hydrogen) atoms. The second kappa shape index (κ2) is 19.3. The van der Waals surface area contributed by atoms with Gasteiger partial charge in [0.2, 0.25) is 5.91 Å². The molecule has 13 nitrogen and oxygen atoms in total. The van der Waals surface area contributed by atoms with Gasteiger partial charge in [0, 0.05) is 48.1 Å². The first-order valence-electron chi connectivity index (χ1n) is 16.0. The van der Waals surface area contributed by atoms with Gasteiger partial charge < -0.3 is 37.2 Å². The lowest BCUT2D eigenvalue weighted by Gasteiger charge is -2.10. The first kappa shape index (κ1) is 43.4. The van der Waals surface area contributed by atoms with Gasteiger partial charge in [-0.05, 0) is 55.2 Å². The maximum Gasteiger partial charge on any atom is 0.490 e. The number of carbonyl (C=O) groups excluding carboxylic acids is 3. The van der Waals surface area contributed by atoms with E-state index >= 15 is 0 Å². The molecule has 1 saturated carbocycles. The van der Waals surface area contributed by atoms with E-state index in [2.05, 4.69) is 21.3 Å². The summed E-state index contributed by atoms with van der Waals surface area (Å²) in [5.41, 5.74) is 10.6. The number of aromatic nitrogens is 1. The number of carbonyl (C=O) groups is 5. The molecule has 1 aliphatic carbocycles. The van der Waals surface area contributed by atoms with Crippen molar-refractivity contribution >= 4 is 57.5 Å². The van der Waals surface area contributed by atoms with Crippen molar-refractivity contribution in [2.75, 3.05) is 17.2 Å². The molecular weight excluding hydrogens is 762 g/mol. The van der Waals surface area contributed by atoms with E-state index in [4.69, 9.17) is 30.5 Å². The largest absolute Gasteiger partial charge is 0.490 e. The van der Waals surface area contributed by atoms with Crippen molar-refractivity contribution in [1.29, 1.82) is 0 Å². The minimum atomic E-state index is -5.08. The summed E-state index contributed by atoms with van der Waals surface area (Å²) in [4.78, 5) is 61.0. The van der Waals surface area contributed by atoms with Gasteiger partial charge in [-0.3, -0.25) is 14.4 Å². The van der Waals surface area contributed by atoms with Crippen molar-refractivity contribution in [3.05, 3.63) is 94.4 Å². The molecule has 0 unspecified atom stereocenters. The van der Waals surface area contributed by atoms with Gasteiger partial charge in [-0.15, -0.1) is 0 Å². The Kier molecular flexibility index (Phi) is 15.3.